The normalized spacial score (nSPS) is 11.9. The van der Waals surface area contributed by atoms with Gasteiger partial charge in [-0.25, -0.2) is 0 Å². The molecule has 7 heteroatoms. The zero-order valence-electron chi connectivity index (χ0n) is 8.98. The average molecular weight is 296 g/mol. The number of fused-ring (bicyclic) bond motifs is 1. The third kappa shape index (κ3) is 2.62. The third-order valence-electron chi connectivity index (χ3n) is 2.24. The van der Waals surface area contributed by atoms with Crippen LogP contribution >= 0.6 is 23.2 Å². The molecule has 1 aromatic heterocycles. The molecular weight excluding hydrogens is 290 g/mol. The van der Waals surface area contributed by atoms with E-state index in [4.69, 9.17) is 23.2 Å². The predicted octanol–water partition coefficient (Wildman–Crippen LogP) is 4.75. The predicted molar refractivity (Wildman–Crippen MR) is 63.2 cm³/mol. The van der Waals surface area contributed by atoms with Gasteiger partial charge in [0, 0.05) is 11.5 Å². The molecule has 0 unspecified atom stereocenters. The van der Waals surface area contributed by atoms with Gasteiger partial charge in [-0.05, 0) is 19.1 Å². The van der Waals surface area contributed by atoms with Gasteiger partial charge in [0.25, 0.3) is 0 Å². The summed E-state index contributed by atoms with van der Waals surface area (Å²) in [4.78, 5) is 4.06. The first-order chi connectivity index (χ1) is 8.28. The number of ether oxygens (including phenoxy) is 1. The van der Waals surface area contributed by atoms with Crippen molar-refractivity contribution in [2.24, 2.45) is 0 Å². The number of hydrogen-bond donors (Lipinski definition) is 0. The zero-order chi connectivity index (χ0) is 13.5. The van der Waals surface area contributed by atoms with E-state index in [9.17, 15) is 13.2 Å². The van der Waals surface area contributed by atoms with Gasteiger partial charge in [-0.2, -0.15) is 0 Å². The summed E-state index contributed by atoms with van der Waals surface area (Å²) < 4.78 is 40.0. The molecule has 2 aromatic rings. The molecule has 0 aliphatic heterocycles. The van der Waals surface area contributed by atoms with Crippen molar-refractivity contribution in [2.45, 2.75) is 13.3 Å². The van der Waals surface area contributed by atoms with E-state index < -0.39 is 6.36 Å². The van der Waals surface area contributed by atoms with E-state index in [2.05, 4.69) is 9.72 Å². The molecule has 0 saturated carbocycles. The molecule has 0 aliphatic carbocycles. The lowest BCUT2D eigenvalue weighted by Gasteiger charge is -2.10. The van der Waals surface area contributed by atoms with Crippen molar-refractivity contribution in [3.63, 3.8) is 0 Å². The van der Waals surface area contributed by atoms with Crippen molar-refractivity contribution in [1.29, 1.82) is 0 Å². The molecule has 0 aliphatic rings. The number of alkyl halides is 3. The topological polar surface area (TPSA) is 22.1 Å². The summed E-state index contributed by atoms with van der Waals surface area (Å²) in [6, 6.07) is 3.71. The van der Waals surface area contributed by atoms with Crippen LogP contribution in [0.15, 0.2) is 18.2 Å². The number of benzene rings is 1. The Morgan fingerprint density at radius 1 is 1.17 bits per heavy atom. The van der Waals surface area contributed by atoms with Crippen LogP contribution in [0.5, 0.6) is 5.75 Å². The minimum atomic E-state index is -4.74. The molecule has 0 fully saturated rings. The standard InChI is InChI=1S/C11H6Cl2F3NO/c1-5-9(12)10(13)7-3-2-6(4-8(7)17-5)18-11(14,15)16/h2-4H,1H3. The molecule has 0 radical (unpaired) electrons. The van der Waals surface area contributed by atoms with Crippen LogP contribution in [0.1, 0.15) is 5.69 Å². The Hall–Kier alpha value is -1.20. The summed E-state index contributed by atoms with van der Waals surface area (Å²) in [5.74, 6) is -0.347. The van der Waals surface area contributed by atoms with E-state index in [-0.39, 0.29) is 15.8 Å². The number of rotatable bonds is 1. The van der Waals surface area contributed by atoms with Crippen LogP contribution in [0.3, 0.4) is 0 Å². The summed E-state index contributed by atoms with van der Waals surface area (Å²) >= 11 is 11.9. The highest BCUT2D eigenvalue weighted by atomic mass is 35.5. The fourth-order valence-electron chi connectivity index (χ4n) is 1.49. The average Bonchev–Trinajstić information content (AvgIpc) is 2.23. The molecule has 1 aromatic carbocycles. The highest BCUT2D eigenvalue weighted by Gasteiger charge is 2.31. The van der Waals surface area contributed by atoms with Gasteiger partial charge in [0.1, 0.15) is 5.75 Å². The summed E-state index contributed by atoms with van der Waals surface area (Å²) in [6.45, 7) is 1.62. The van der Waals surface area contributed by atoms with E-state index in [1.807, 2.05) is 0 Å². The largest absolute Gasteiger partial charge is 0.573 e. The van der Waals surface area contributed by atoms with Crippen LogP contribution in [0, 0.1) is 6.92 Å². The minimum absolute atomic E-state index is 0.262. The molecule has 0 saturated heterocycles. The maximum atomic E-state index is 12.1. The van der Waals surface area contributed by atoms with Crippen LogP contribution in [-0.4, -0.2) is 11.3 Å². The van der Waals surface area contributed by atoms with Crippen LogP contribution in [0.25, 0.3) is 10.9 Å². The molecule has 0 N–H and O–H groups in total. The number of nitrogens with zero attached hydrogens (tertiary/aromatic N) is 1. The zero-order valence-corrected chi connectivity index (χ0v) is 10.5. The van der Waals surface area contributed by atoms with Gasteiger partial charge in [0.2, 0.25) is 0 Å². The number of aryl methyl sites for hydroxylation is 1. The van der Waals surface area contributed by atoms with Crippen molar-refractivity contribution in [1.82, 2.24) is 4.98 Å². The Balaban J connectivity index is 2.56. The SMILES string of the molecule is Cc1nc2cc(OC(F)(F)F)ccc2c(Cl)c1Cl. The summed E-state index contributed by atoms with van der Waals surface area (Å²) in [7, 11) is 0. The summed E-state index contributed by atoms with van der Waals surface area (Å²) in [5, 5.41) is 1.02. The highest BCUT2D eigenvalue weighted by molar-refractivity contribution is 6.45. The van der Waals surface area contributed by atoms with Gasteiger partial charge >= 0.3 is 6.36 Å². The van der Waals surface area contributed by atoms with Crippen molar-refractivity contribution >= 4 is 34.1 Å². The molecule has 1 heterocycles. The maximum absolute atomic E-state index is 12.1. The summed E-state index contributed by atoms with van der Waals surface area (Å²) in [6.07, 6.45) is -4.74. The van der Waals surface area contributed by atoms with Gasteiger partial charge in [0.05, 0.1) is 21.3 Å². The summed E-state index contributed by atoms with van der Waals surface area (Å²) in [5.41, 5.74) is 0.738. The Bertz CT molecular complexity index is 613. The molecule has 0 spiro atoms. The van der Waals surface area contributed by atoms with E-state index in [1.165, 1.54) is 6.07 Å². The van der Waals surface area contributed by atoms with E-state index in [1.54, 1.807) is 6.92 Å². The van der Waals surface area contributed by atoms with Gasteiger partial charge < -0.3 is 4.74 Å². The first kappa shape index (κ1) is 13.2. The Kier molecular flexibility index (Phi) is 3.29. The molecule has 0 bridgehead atoms. The van der Waals surface area contributed by atoms with Crippen molar-refractivity contribution in [3.05, 3.63) is 33.9 Å². The molecule has 18 heavy (non-hydrogen) atoms. The van der Waals surface area contributed by atoms with Crippen molar-refractivity contribution in [2.75, 3.05) is 0 Å². The quantitative estimate of drug-likeness (QED) is 0.757. The third-order valence-corrected chi connectivity index (χ3v) is 3.19. The van der Waals surface area contributed by atoms with Gasteiger partial charge in [-0.1, -0.05) is 23.2 Å². The fourth-order valence-corrected chi connectivity index (χ4v) is 1.93. The Morgan fingerprint density at radius 3 is 2.44 bits per heavy atom. The van der Waals surface area contributed by atoms with Crippen LogP contribution in [0.2, 0.25) is 10.0 Å². The van der Waals surface area contributed by atoms with Crippen LogP contribution in [-0.2, 0) is 0 Å². The molecule has 2 rings (SSSR count). The van der Waals surface area contributed by atoms with Gasteiger partial charge in [-0.3, -0.25) is 4.98 Å². The molecule has 0 amide bonds. The van der Waals surface area contributed by atoms with E-state index in [0.717, 1.165) is 12.1 Å². The molecule has 96 valence electrons. The maximum Gasteiger partial charge on any atom is 0.573 e. The lowest BCUT2D eigenvalue weighted by molar-refractivity contribution is -0.274. The number of hydrogen-bond acceptors (Lipinski definition) is 2. The van der Waals surface area contributed by atoms with E-state index >= 15 is 0 Å². The number of aromatic nitrogens is 1. The lowest BCUT2D eigenvalue weighted by atomic mass is 10.2. The fraction of sp³-hybridized carbons (Fsp3) is 0.182. The Morgan fingerprint density at radius 2 is 1.83 bits per heavy atom. The molecule has 2 nitrogen and oxygen atoms in total. The first-order valence-corrected chi connectivity index (χ1v) is 5.54. The second kappa shape index (κ2) is 4.48. The highest BCUT2D eigenvalue weighted by Crippen LogP contribution is 2.34. The smallest absolute Gasteiger partial charge is 0.406 e. The van der Waals surface area contributed by atoms with Crippen LogP contribution < -0.4 is 4.74 Å². The number of halogens is 5. The Labute approximate surface area is 110 Å². The van der Waals surface area contributed by atoms with Crippen molar-refractivity contribution < 1.29 is 17.9 Å². The second-order valence-electron chi connectivity index (χ2n) is 3.55. The molecule has 0 atom stereocenters. The van der Waals surface area contributed by atoms with Gasteiger partial charge in [0.15, 0.2) is 0 Å². The van der Waals surface area contributed by atoms with Crippen LogP contribution in [0.4, 0.5) is 13.2 Å². The second-order valence-corrected chi connectivity index (χ2v) is 4.31. The van der Waals surface area contributed by atoms with Crippen molar-refractivity contribution in [3.8, 4) is 5.75 Å². The van der Waals surface area contributed by atoms with Gasteiger partial charge in [-0.15, -0.1) is 13.2 Å². The monoisotopic (exact) mass is 295 g/mol. The van der Waals surface area contributed by atoms with E-state index in [0.29, 0.717) is 16.6 Å². The lowest BCUT2D eigenvalue weighted by Crippen LogP contribution is -2.17. The molecular formula is C11H6Cl2F3NO. The number of pyridine rings is 1. The minimum Gasteiger partial charge on any atom is -0.406 e. The first-order valence-electron chi connectivity index (χ1n) is 4.79.